The molecule has 7 heteroatoms. The molecule has 0 aromatic heterocycles. The molecule has 1 aliphatic rings. The number of benzene rings is 1. The highest BCUT2D eigenvalue weighted by atomic mass is 19.1. The second-order valence-corrected chi connectivity index (χ2v) is 4.75. The Labute approximate surface area is 119 Å². The van der Waals surface area contributed by atoms with Gasteiger partial charge in [0.15, 0.2) is 11.6 Å². The average molecular weight is 298 g/mol. The van der Waals surface area contributed by atoms with Gasteiger partial charge in [-0.2, -0.15) is 0 Å². The zero-order chi connectivity index (χ0) is 15.8. The van der Waals surface area contributed by atoms with E-state index in [9.17, 15) is 18.4 Å². The molecular weight excluding hydrogens is 286 g/mol. The van der Waals surface area contributed by atoms with Crippen LogP contribution in [0, 0.1) is 11.6 Å². The quantitative estimate of drug-likeness (QED) is 0.476. The molecule has 0 aliphatic carbocycles. The van der Waals surface area contributed by atoms with Gasteiger partial charge in [0.05, 0.1) is 7.11 Å². The lowest BCUT2D eigenvalue weighted by molar-refractivity contribution is -0.222. The van der Waals surface area contributed by atoms with Gasteiger partial charge in [0.25, 0.3) is 5.79 Å². The molecular formula is C14H12F2O5. The zero-order valence-electron chi connectivity index (χ0n) is 11.5. The number of hydrogen-bond acceptors (Lipinski definition) is 5. The summed E-state index contributed by atoms with van der Waals surface area (Å²) in [5, 5.41) is 0. The molecule has 1 aliphatic heterocycles. The Morgan fingerprint density at radius 2 is 1.71 bits per heavy atom. The molecule has 5 nitrogen and oxygen atoms in total. The van der Waals surface area contributed by atoms with Gasteiger partial charge >= 0.3 is 11.9 Å². The van der Waals surface area contributed by atoms with E-state index in [2.05, 4.69) is 0 Å². The fraction of sp³-hybridized carbons (Fsp3) is 0.286. The van der Waals surface area contributed by atoms with Crippen LogP contribution in [0.2, 0.25) is 0 Å². The van der Waals surface area contributed by atoms with Crippen molar-refractivity contribution in [3.63, 3.8) is 0 Å². The Morgan fingerprint density at radius 1 is 1.14 bits per heavy atom. The number of hydrogen-bond donors (Lipinski definition) is 0. The van der Waals surface area contributed by atoms with Gasteiger partial charge < -0.3 is 14.2 Å². The van der Waals surface area contributed by atoms with Crippen LogP contribution in [0.25, 0.3) is 6.08 Å². The molecule has 21 heavy (non-hydrogen) atoms. The van der Waals surface area contributed by atoms with Gasteiger partial charge in [0.2, 0.25) is 0 Å². The first-order chi connectivity index (χ1) is 9.73. The minimum atomic E-state index is -1.39. The molecule has 1 saturated heterocycles. The van der Waals surface area contributed by atoms with Crippen molar-refractivity contribution in [3.8, 4) is 5.75 Å². The van der Waals surface area contributed by atoms with Crippen LogP contribution in [-0.4, -0.2) is 24.8 Å². The molecule has 0 bridgehead atoms. The van der Waals surface area contributed by atoms with Crippen molar-refractivity contribution < 1.29 is 32.6 Å². The lowest BCUT2D eigenvalue weighted by Gasteiger charge is -2.29. The maximum atomic E-state index is 13.6. The topological polar surface area (TPSA) is 61.8 Å². The normalized spacial score (nSPS) is 17.1. The second-order valence-electron chi connectivity index (χ2n) is 4.75. The minimum absolute atomic E-state index is 0.112. The van der Waals surface area contributed by atoms with E-state index in [1.54, 1.807) is 0 Å². The lowest BCUT2D eigenvalue weighted by Crippen LogP contribution is -2.41. The van der Waals surface area contributed by atoms with E-state index in [-0.39, 0.29) is 11.3 Å². The Bertz CT molecular complexity index is 627. The van der Waals surface area contributed by atoms with Gasteiger partial charge in [0.1, 0.15) is 11.4 Å². The van der Waals surface area contributed by atoms with Crippen LogP contribution in [0.5, 0.6) is 5.75 Å². The van der Waals surface area contributed by atoms with Crippen LogP contribution in [0.4, 0.5) is 8.78 Å². The molecule has 0 saturated carbocycles. The van der Waals surface area contributed by atoms with E-state index in [1.165, 1.54) is 21.0 Å². The molecule has 0 spiro atoms. The number of cyclic esters (lactones) is 2. The summed E-state index contributed by atoms with van der Waals surface area (Å²) >= 11 is 0. The van der Waals surface area contributed by atoms with Crippen LogP contribution < -0.4 is 4.74 Å². The number of carbonyl (C=O) groups is 2. The first-order valence-electron chi connectivity index (χ1n) is 5.95. The molecule has 2 rings (SSSR count). The Balaban J connectivity index is 2.49. The number of methoxy groups -OCH3 is 1. The molecule has 1 aromatic carbocycles. The predicted octanol–water partition coefficient (Wildman–Crippen LogP) is 2.19. The minimum Gasteiger partial charge on any atom is -0.493 e. The first kappa shape index (κ1) is 15.0. The SMILES string of the molecule is COc1c(F)cc(F)cc1C=C1C(=O)OC(C)(C)OC1=O. The fourth-order valence-electron chi connectivity index (χ4n) is 1.84. The highest BCUT2D eigenvalue weighted by molar-refractivity contribution is 6.19. The Morgan fingerprint density at radius 3 is 2.24 bits per heavy atom. The molecule has 112 valence electrons. The van der Waals surface area contributed by atoms with Gasteiger partial charge in [-0.05, 0) is 12.1 Å². The lowest BCUT2D eigenvalue weighted by atomic mass is 10.1. The van der Waals surface area contributed by atoms with Gasteiger partial charge in [-0.3, -0.25) is 0 Å². The monoisotopic (exact) mass is 298 g/mol. The maximum Gasteiger partial charge on any atom is 0.348 e. The van der Waals surface area contributed by atoms with Crippen LogP contribution in [0.15, 0.2) is 17.7 Å². The van der Waals surface area contributed by atoms with Crippen LogP contribution in [0.1, 0.15) is 19.4 Å². The smallest absolute Gasteiger partial charge is 0.348 e. The molecule has 1 aromatic rings. The van der Waals surface area contributed by atoms with Crippen molar-refractivity contribution >= 4 is 18.0 Å². The van der Waals surface area contributed by atoms with Gasteiger partial charge in [0, 0.05) is 25.5 Å². The van der Waals surface area contributed by atoms with Gasteiger partial charge in [-0.1, -0.05) is 0 Å². The third-order valence-electron chi connectivity index (χ3n) is 2.66. The molecule has 0 N–H and O–H groups in total. The van der Waals surface area contributed by atoms with Crippen molar-refractivity contribution in [1.82, 2.24) is 0 Å². The van der Waals surface area contributed by atoms with Crippen LogP contribution in [0.3, 0.4) is 0 Å². The second kappa shape index (κ2) is 5.16. The van der Waals surface area contributed by atoms with Crippen molar-refractivity contribution in [2.45, 2.75) is 19.6 Å². The summed E-state index contributed by atoms with van der Waals surface area (Å²) in [7, 11) is 1.18. The molecule has 0 atom stereocenters. The highest BCUT2D eigenvalue weighted by Gasteiger charge is 2.39. The predicted molar refractivity (Wildman–Crippen MR) is 67.2 cm³/mol. The summed E-state index contributed by atoms with van der Waals surface area (Å²) in [6, 6.07) is 1.55. The van der Waals surface area contributed by atoms with Crippen LogP contribution >= 0.6 is 0 Å². The average Bonchev–Trinajstić information content (AvgIpc) is 2.32. The maximum absolute atomic E-state index is 13.6. The van der Waals surface area contributed by atoms with E-state index in [0.717, 1.165) is 12.1 Å². The standard InChI is InChI=1S/C14H12F2O5/c1-14(2)20-12(17)9(13(18)21-14)5-7-4-8(15)6-10(16)11(7)19-3/h4-6H,1-3H3. The number of halogens is 2. The number of carbonyl (C=O) groups excluding carboxylic acids is 2. The molecule has 0 unspecified atom stereocenters. The van der Waals surface area contributed by atoms with Gasteiger partial charge in [-0.25, -0.2) is 18.4 Å². The fourth-order valence-corrected chi connectivity index (χ4v) is 1.84. The summed E-state index contributed by atoms with van der Waals surface area (Å²) in [6.45, 7) is 2.78. The summed E-state index contributed by atoms with van der Waals surface area (Å²) < 4.78 is 41.4. The number of esters is 2. The molecule has 1 heterocycles. The highest BCUT2D eigenvalue weighted by Crippen LogP contribution is 2.29. The molecule has 1 fully saturated rings. The Hall–Kier alpha value is -2.44. The third-order valence-corrected chi connectivity index (χ3v) is 2.66. The number of ether oxygens (including phenoxy) is 3. The summed E-state index contributed by atoms with van der Waals surface area (Å²) in [4.78, 5) is 23.5. The van der Waals surface area contributed by atoms with E-state index >= 15 is 0 Å². The summed E-state index contributed by atoms with van der Waals surface area (Å²) in [6.07, 6.45) is 0.963. The summed E-state index contributed by atoms with van der Waals surface area (Å²) in [5.41, 5.74) is -0.587. The van der Waals surface area contributed by atoms with E-state index < -0.39 is 34.9 Å². The molecule has 0 amide bonds. The summed E-state index contributed by atoms with van der Waals surface area (Å²) in [5.74, 6) is -5.40. The first-order valence-corrected chi connectivity index (χ1v) is 5.95. The molecule has 0 radical (unpaired) electrons. The van der Waals surface area contributed by atoms with E-state index in [0.29, 0.717) is 6.07 Å². The third kappa shape index (κ3) is 3.01. The van der Waals surface area contributed by atoms with E-state index in [1.807, 2.05) is 0 Å². The van der Waals surface area contributed by atoms with Crippen molar-refractivity contribution in [3.05, 3.63) is 34.9 Å². The largest absolute Gasteiger partial charge is 0.493 e. The Kier molecular flexibility index (Phi) is 3.67. The van der Waals surface area contributed by atoms with Crippen LogP contribution in [-0.2, 0) is 19.1 Å². The van der Waals surface area contributed by atoms with Crippen molar-refractivity contribution in [2.75, 3.05) is 7.11 Å². The van der Waals surface area contributed by atoms with Crippen molar-refractivity contribution in [2.24, 2.45) is 0 Å². The zero-order valence-corrected chi connectivity index (χ0v) is 11.5. The van der Waals surface area contributed by atoms with Crippen molar-refractivity contribution in [1.29, 1.82) is 0 Å². The number of rotatable bonds is 2. The van der Waals surface area contributed by atoms with Gasteiger partial charge in [-0.15, -0.1) is 0 Å². The van der Waals surface area contributed by atoms with E-state index in [4.69, 9.17) is 14.2 Å².